The maximum Gasteiger partial charge on any atom is 0.228 e. The highest BCUT2D eigenvalue weighted by atomic mass is 19.1. The molecule has 0 saturated carbocycles. The van der Waals surface area contributed by atoms with E-state index in [0.29, 0.717) is 0 Å². The zero-order chi connectivity index (χ0) is 16.2. The number of hydrogen-bond donors (Lipinski definition) is 2. The van der Waals surface area contributed by atoms with E-state index < -0.39 is 0 Å². The number of carbonyl (C=O) groups excluding carboxylic acids is 1. The highest BCUT2D eigenvalue weighted by Crippen LogP contribution is 2.19. The first-order valence-electron chi connectivity index (χ1n) is 7.26. The summed E-state index contributed by atoms with van der Waals surface area (Å²) in [5.74, 6) is 0.414. The number of halogens is 1. The van der Waals surface area contributed by atoms with Crippen molar-refractivity contribution >= 4 is 11.6 Å². The van der Waals surface area contributed by atoms with Crippen LogP contribution in [-0.2, 0) is 11.2 Å². The van der Waals surface area contributed by atoms with Crippen LogP contribution in [0.25, 0.3) is 11.3 Å². The van der Waals surface area contributed by atoms with E-state index in [1.807, 2.05) is 31.2 Å². The second-order valence-electron chi connectivity index (χ2n) is 5.31. The number of carbonyl (C=O) groups is 1. The third kappa shape index (κ3) is 3.83. The Bertz CT molecular complexity index is 807. The van der Waals surface area contributed by atoms with Crippen LogP contribution in [0, 0.1) is 12.7 Å². The number of aromatic amines is 1. The molecule has 23 heavy (non-hydrogen) atoms. The summed E-state index contributed by atoms with van der Waals surface area (Å²) in [5.41, 5.74) is 3.43. The van der Waals surface area contributed by atoms with Crippen LogP contribution < -0.4 is 5.32 Å². The van der Waals surface area contributed by atoms with Crippen molar-refractivity contribution in [2.24, 2.45) is 0 Å². The minimum Gasteiger partial charge on any atom is -0.342 e. The predicted molar refractivity (Wildman–Crippen MR) is 87.5 cm³/mol. The number of aryl methyl sites for hydroxylation is 1. The summed E-state index contributed by atoms with van der Waals surface area (Å²) >= 11 is 0. The quantitative estimate of drug-likeness (QED) is 0.772. The maximum absolute atomic E-state index is 12.8. The molecule has 1 heterocycles. The van der Waals surface area contributed by atoms with Crippen LogP contribution in [0.3, 0.4) is 0 Å². The lowest BCUT2D eigenvalue weighted by Crippen LogP contribution is -2.14. The van der Waals surface area contributed by atoms with Gasteiger partial charge in [0.2, 0.25) is 5.91 Å². The SMILES string of the molecule is Cc1ncc(-c2ccc(NC(=O)Cc3ccc(F)cc3)cc2)[nH]1. The predicted octanol–water partition coefficient (Wildman–Crippen LogP) is 3.71. The Kier molecular flexibility index (Phi) is 4.19. The molecule has 116 valence electrons. The van der Waals surface area contributed by atoms with Gasteiger partial charge in [-0.25, -0.2) is 9.37 Å². The standard InChI is InChI=1S/C18H16FN3O/c1-12-20-11-17(21-12)14-4-8-16(9-5-14)22-18(23)10-13-2-6-15(19)7-3-13/h2-9,11H,10H2,1H3,(H,20,21)(H,22,23). The molecule has 5 heteroatoms. The van der Waals surface area contributed by atoms with E-state index in [0.717, 1.165) is 28.3 Å². The number of imidazole rings is 1. The van der Waals surface area contributed by atoms with Gasteiger partial charge in [-0.15, -0.1) is 0 Å². The van der Waals surface area contributed by atoms with Gasteiger partial charge in [0, 0.05) is 5.69 Å². The smallest absolute Gasteiger partial charge is 0.228 e. The molecule has 0 aliphatic carbocycles. The monoisotopic (exact) mass is 309 g/mol. The van der Waals surface area contributed by atoms with Gasteiger partial charge in [0.15, 0.2) is 0 Å². The topological polar surface area (TPSA) is 57.8 Å². The second-order valence-corrected chi connectivity index (χ2v) is 5.31. The third-order valence-electron chi connectivity index (χ3n) is 3.46. The number of benzene rings is 2. The Morgan fingerprint density at radius 1 is 1.13 bits per heavy atom. The van der Waals surface area contributed by atoms with E-state index in [1.54, 1.807) is 18.3 Å². The van der Waals surface area contributed by atoms with Crippen LogP contribution in [0.2, 0.25) is 0 Å². The number of nitrogens with one attached hydrogen (secondary N) is 2. The largest absolute Gasteiger partial charge is 0.342 e. The molecule has 4 nitrogen and oxygen atoms in total. The first-order chi connectivity index (χ1) is 11.1. The zero-order valence-electron chi connectivity index (χ0n) is 12.6. The molecule has 2 N–H and O–H groups in total. The fourth-order valence-corrected chi connectivity index (χ4v) is 2.29. The van der Waals surface area contributed by atoms with Crippen molar-refractivity contribution in [1.29, 1.82) is 0 Å². The lowest BCUT2D eigenvalue weighted by molar-refractivity contribution is -0.115. The molecule has 1 aromatic heterocycles. The van der Waals surface area contributed by atoms with E-state index in [2.05, 4.69) is 15.3 Å². The average Bonchev–Trinajstić information content (AvgIpc) is 2.97. The Morgan fingerprint density at radius 2 is 1.83 bits per heavy atom. The number of rotatable bonds is 4. The second kappa shape index (κ2) is 6.44. The number of amides is 1. The van der Waals surface area contributed by atoms with Crippen molar-refractivity contribution in [3.63, 3.8) is 0 Å². The summed E-state index contributed by atoms with van der Waals surface area (Å²) in [5, 5.41) is 2.83. The fraction of sp³-hybridized carbons (Fsp3) is 0.111. The van der Waals surface area contributed by atoms with Gasteiger partial charge in [-0.1, -0.05) is 24.3 Å². The lowest BCUT2D eigenvalue weighted by atomic mass is 10.1. The Balaban J connectivity index is 1.63. The van der Waals surface area contributed by atoms with E-state index in [1.165, 1.54) is 12.1 Å². The molecule has 0 bridgehead atoms. The van der Waals surface area contributed by atoms with Crippen molar-refractivity contribution in [2.75, 3.05) is 5.32 Å². The number of anilines is 1. The first kappa shape index (κ1) is 15.0. The summed E-state index contributed by atoms with van der Waals surface area (Å²) in [4.78, 5) is 19.3. The van der Waals surface area contributed by atoms with Gasteiger partial charge < -0.3 is 10.3 Å². The number of hydrogen-bond acceptors (Lipinski definition) is 2. The zero-order valence-corrected chi connectivity index (χ0v) is 12.6. The maximum atomic E-state index is 12.8. The average molecular weight is 309 g/mol. The summed E-state index contributed by atoms with van der Waals surface area (Å²) in [6.45, 7) is 1.90. The summed E-state index contributed by atoms with van der Waals surface area (Å²) < 4.78 is 12.8. The van der Waals surface area contributed by atoms with Crippen molar-refractivity contribution < 1.29 is 9.18 Å². The summed E-state index contributed by atoms with van der Waals surface area (Å²) in [6.07, 6.45) is 1.99. The highest BCUT2D eigenvalue weighted by molar-refractivity contribution is 5.92. The van der Waals surface area contributed by atoms with Gasteiger partial charge in [-0.05, 0) is 42.3 Å². The van der Waals surface area contributed by atoms with Crippen molar-refractivity contribution in [1.82, 2.24) is 9.97 Å². The number of aromatic nitrogens is 2. The molecule has 0 fully saturated rings. The normalized spacial score (nSPS) is 10.5. The molecule has 0 saturated heterocycles. The molecule has 3 rings (SSSR count). The molecule has 1 amide bonds. The minimum absolute atomic E-state index is 0.137. The van der Waals surface area contributed by atoms with Crippen LogP contribution in [0.1, 0.15) is 11.4 Å². The van der Waals surface area contributed by atoms with Crippen molar-refractivity contribution in [3.8, 4) is 11.3 Å². The van der Waals surface area contributed by atoms with Crippen LogP contribution in [0.5, 0.6) is 0 Å². The molecular formula is C18H16FN3O. The Labute approximate surface area is 133 Å². The van der Waals surface area contributed by atoms with E-state index in [9.17, 15) is 9.18 Å². The molecule has 0 aliphatic rings. The van der Waals surface area contributed by atoms with Gasteiger partial charge >= 0.3 is 0 Å². The molecule has 0 aliphatic heterocycles. The molecule has 0 spiro atoms. The van der Waals surface area contributed by atoms with Crippen LogP contribution in [0.15, 0.2) is 54.7 Å². The van der Waals surface area contributed by atoms with Gasteiger partial charge in [0.25, 0.3) is 0 Å². The van der Waals surface area contributed by atoms with Crippen LogP contribution in [0.4, 0.5) is 10.1 Å². The number of H-pyrrole nitrogens is 1. The minimum atomic E-state index is -0.307. The van der Waals surface area contributed by atoms with E-state index >= 15 is 0 Å². The molecule has 0 radical (unpaired) electrons. The molecule has 0 unspecified atom stereocenters. The van der Waals surface area contributed by atoms with Crippen molar-refractivity contribution in [3.05, 3.63) is 71.9 Å². The fourth-order valence-electron chi connectivity index (χ4n) is 2.29. The molecule has 2 aromatic carbocycles. The van der Waals surface area contributed by atoms with Gasteiger partial charge in [-0.3, -0.25) is 4.79 Å². The van der Waals surface area contributed by atoms with E-state index in [-0.39, 0.29) is 18.1 Å². The lowest BCUT2D eigenvalue weighted by Gasteiger charge is -2.06. The molecular weight excluding hydrogens is 293 g/mol. The van der Waals surface area contributed by atoms with Crippen molar-refractivity contribution in [2.45, 2.75) is 13.3 Å². The first-order valence-corrected chi connectivity index (χ1v) is 7.26. The van der Waals surface area contributed by atoms with Crippen LogP contribution >= 0.6 is 0 Å². The third-order valence-corrected chi connectivity index (χ3v) is 3.46. The Hall–Kier alpha value is -2.95. The van der Waals surface area contributed by atoms with E-state index in [4.69, 9.17) is 0 Å². The number of nitrogens with zero attached hydrogens (tertiary/aromatic N) is 1. The van der Waals surface area contributed by atoms with Crippen LogP contribution in [-0.4, -0.2) is 15.9 Å². The molecule has 0 atom stereocenters. The van der Waals surface area contributed by atoms with Gasteiger partial charge in [-0.2, -0.15) is 0 Å². The summed E-state index contributed by atoms with van der Waals surface area (Å²) in [7, 11) is 0. The summed E-state index contributed by atoms with van der Waals surface area (Å²) in [6, 6.07) is 13.4. The van der Waals surface area contributed by atoms with Gasteiger partial charge in [0.05, 0.1) is 18.3 Å². The Morgan fingerprint density at radius 3 is 2.43 bits per heavy atom. The van der Waals surface area contributed by atoms with Gasteiger partial charge in [0.1, 0.15) is 11.6 Å². The highest BCUT2D eigenvalue weighted by Gasteiger charge is 2.06. The molecule has 3 aromatic rings.